The third-order valence-corrected chi connectivity index (χ3v) is 1.17. The van der Waals surface area contributed by atoms with Gasteiger partial charge in [0.25, 0.3) is 0 Å². The fourth-order valence-electron chi connectivity index (χ4n) is 0.493. The summed E-state index contributed by atoms with van der Waals surface area (Å²) >= 11 is 0. The van der Waals surface area contributed by atoms with Gasteiger partial charge in [0.15, 0.2) is 5.82 Å². The Bertz CT molecular complexity index is 254. The van der Waals surface area contributed by atoms with Crippen LogP contribution in [0.5, 0.6) is 0 Å². The molecule has 0 atom stereocenters. The summed E-state index contributed by atoms with van der Waals surface area (Å²) < 4.78 is 1.65. The van der Waals surface area contributed by atoms with Gasteiger partial charge in [-0.15, -0.1) is 6.57 Å². The smallest absolute Gasteiger partial charge is 0.361 e. The molecule has 4 nitrogen and oxygen atoms in total. The number of hydrogen-bond acceptors (Lipinski definition) is 2. The molecule has 0 N–H and O–H groups in total. The highest BCUT2D eigenvalue weighted by Gasteiger charge is 2.03. The van der Waals surface area contributed by atoms with Crippen LogP contribution in [0.15, 0.2) is 0 Å². The quantitative estimate of drug-likeness (QED) is 0.474. The van der Waals surface area contributed by atoms with Crippen molar-refractivity contribution >= 4 is 5.95 Å². The molecule has 1 aromatic heterocycles. The van der Waals surface area contributed by atoms with Crippen LogP contribution >= 0.6 is 0 Å². The second-order valence-corrected chi connectivity index (χ2v) is 1.72. The minimum atomic E-state index is 0.340. The fourth-order valence-corrected chi connectivity index (χ4v) is 0.493. The van der Waals surface area contributed by atoms with Crippen LogP contribution in [0, 0.1) is 13.5 Å². The second-order valence-electron chi connectivity index (χ2n) is 1.72. The molecule has 0 amide bonds. The van der Waals surface area contributed by atoms with E-state index in [0.717, 1.165) is 5.82 Å². The Hall–Kier alpha value is -1.37. The van der Waals surface area contributed by atoms with Crippen molar-refractivity contribution < 1.29 is 0 Å². The van der Waals surface area contributed by atoms with Crippen LogP contribution in [0.4, 0.5) is 5.95 Å². The summed E-state index contributed by atoms with van der Waals surface area (Å²) in [6.45, 7) is 8.41. The fraction of sp³-hybridized carbons (Fsp3) is 0.400. The Morgan fingerprint density at radius 2 is 2.22 bits per heavy atom. The SMILES string of the molecule is [C-]#[N+]c1nnc(C)n1C. The topological polar surface area (TPSA) is 35.1 Å². The maximum absolute atomic E-state index is 6.60. The maximum Gasteiger partial charge on any atom is 0.361 e. The van der Waals surface area contributed by atoms with Crippen molar-refractivity contribution in [3.63, 3.8) is 0 Å². The van der Waals surface area contributed by atoms with Gasteiger partial charge >= 0.3 is 5.95 Å². The Balaban J connectivity index is 3.24. The number of aromatic nitrogens is 3. The van der Waals surface area contributed by atoms with Crippen molar-refractivity contribution in [2.75, 3.05) is 0 Å². The monoisotopic (exact) mass is 122 g/mol. The van der Waals surface area contributed by atoms with E-state index in [4.69, 9.17) is 6.57 Å². The predicted octanol–water partition coefficient (Wildman–Crippen LogP) is 0.674. The van der Waals surface area contributed by atoms with E-state index >= 15 is 0 Å². The Morgan fingerprint density at radius 3 is 2.44 bits per heavy atom. The number of hydrogen-bond donors (Lipinski definition) is 0. The van der Waals surface area contributed by atoms with Gasteiger partial charge in [-0.2, -0.15) is 0 Å². The van der Waals surface area contributed by atoms with Crippen LogP contribution in [-0.4, -0.2) is 14.8 Å². The molecular weight excluding hydrogens is 116 g/mol. The first-order valence-electron chi connectivity index (χ1n) is 2.49. The lowest BCUT2D eigenvalue weighted by atomic mass is 10.7. The Morgan fingerprint density at radius 1 is 1.56 bits per heavy atom. The highest BCUT2D eigenvalue weighted by atomic mass is 15.3. The van der Waals surface area contributed by atoms with Gasteiger partial charge < -0.3 is 4.85 Å². The van der Waals surface area contributed by atoms with Gasteiger partial charge in [0, 0.05) is 14.0 Å². The van der Waals surface area contributed by atoms with E-state index in [-0.39, 0.29) is 0 Å². The van der Waals surface area contributed by atoms with E-state index < -0.39 is 0 Å². The molecule has 0 bridgehead atoms. The molecule has 0 radical (unpaired) electrons. The average molecular weight is 122 g/mol. The largest absolute Gasteiger partial charge is 0.395 e. The predicted molar refractivity (Wildman–Crippen MR) is 32.0 cm³/mol. The second kappa shape index (κ2) is 1.86. The average Bonchev–Trinajstić information content (AvgIpc) is 2.15. The molecule has 1 aromatic rings. The van der Waals surface area contributed by atoms with Crippen molar-refractivity contribution in [1.82, 2.24) is 14.8 Å². The van der Waals surface area contributed by atoms with Crippen LogP contribution in [0.25, 0.3) is 4.85 Å². The highest BCUT2D eigenvalue weighted by Crippen LogP contribution is 2.05. The van der Waals surface area contributed by atoms with E-state index in [1.165, 1.54) is 0 Å². The highest BCUT2D eigenvalue weighted by molar-refractivity contribution is 5.25. The molecule has 0 fully saturated rings. The normalized spacial score (nSPS) is 9.00. The summed E-state index contributed by atoms with van der Waals surface area (Å²) in [6, 6.07) is 0. The molecule has 0 aliphatic rings. The third-order valence-electron chi connectivity index (χ3n) is 1.17. The lowest BCUT2D eigenvalue weighted by Gasteiger charge is -1.87. The van der Waals surface area contributed by atoms with Gasteiger partial charge in [0.05, 0.1) is 0 Å². The van der Waals surface area contributed by atoms with Crippen molar-refractivity contribution in [3.05, 3.63) is 17.2 Å². The molecule has 0 unspecified atom stereocenters. The van der Waals surface area contributed by atoms with Crippen molar-refractivity contribution in [2.24, 2.45) is 7.05 Å². The lowest BCUT2D eigenvalue weighted by Crippen LogP contribution is -1.88. The van der Waals surface area contributed by atoms with Crippen LogP contribution < -0.4 is 0 Å². The zero-order valence-electron chi connectivity index (χ0n) is 5.29. The number of nitrogens with zero attached hydrogens (tertiary/aromatic N) is 4. The first-order valence-corrected chi connectivity index (χ1v) is 2.49. The summed E-state index contributed by atoms with van der Waals surface area (Å²) in [6.07, 6.45) is 0. The summed E-state index contributed by atoms with van der Waals surface area (Å²) in [5.41, 5.74) is 0. The third kappa shape index (κ3) is 0.765. The molecule has 1 rings (SSSR count). The van der Waals surface area contributed by atoms with Crippen molar-refractivity contribution in [3.8, 4) is 0 Å². The Labute approximate surface area is 53.0 Å². The zero-order valence-corrected chi connectivity index (χ0v) is 5.29. The molecule has 46 valence electrons. The minimum absolute atomic E-state index is 0.340. The molecule has 0 spiro atoms. The van der Waals surface area contributed by atoms with Crippen LogP contribution in [0.3, 0.4) is 0 Å². The molecule has 4 heteroatoms. The van der Waals surface area contributed by atoms with Gasteiger partial charge in [0.1, 0.15) is 0 Å². The molecule has 1 heterocycles. The Kier molecular flexibility index (Phi) is 1.19. The van der Waals surface area contributed by atoms with E-state index in [1.54, 1.807) is 11.6 Å². The van der Waals surface area contributed by atoms with Crippen molar-refractivity contribution in [1.29, 1.82) is 0 Å². The first-order chi connectivity index (χ1) is 4.25. The summed E-state index contributed by atoms with van der Waals surface area (Å²) in [4.78, 5) is 3.13. The van der Waals surface area contributed by atoms with Gasteiger partial charge in [-0.3, -0.25) is 4.57 Å². The number of rotatable bonds is 0. The minimum Gasteiger partial charge on any atom is -0.395 e. The van der Waals surface area contributed by atoms with E-state index in [9.17, 15) is 0 Å². The number of aryl methyl sites for hydroxylation is 1. The summed E-state index contributed by atoms with van der Waals surface area (Å²) in [5.74, 6) is 1.11. The zero-order chi connectivity index (χ0) is 6.85. The van der Waals surface area contributed by atoms with Gasteiger partial charge in [-0.1, -0.05) is 5.10 Å². The summed E-state index contributed by atoms with van der Waals surface area (Å²) in [7, 11) is 1.77. The molecule has 0 aliphatic carbocycles. The first kappa shape index (κ1) is 5.76. The molecular formula is C5H6N4. The molecule has 9 heavy (non-hydrogen) atoms. The van der Waals surface area contributed by atoms with Crippen LogP contribution in [0.2, 0.25) is 0 Å². The van der Waals surface area contributed by atoms with E-state index in [2.05, 4.69) is 15.0 Å². The molecule has 0 aliphatic heterocycles. The molecule has 0 aromatic carbocycles. The van der Waals surface area contributed by atoms with Crippen LogP contribution in [0.1, 0.15) is 5.82 Å². The lowest BCUT2D eigenvalue weighted by molar-refractivity contribution is 0.871. The van der Waals surface area contributed by atoms with Crippen LogP contribution in [-0.2, 0) is 7.05 Å². The van der Waals surface area contributed by atoms with Crippen molar-refractivity contribution in [2.45, 2.75) is 6.92 Å². The molecule has 0 saturated carbocycles. The summed E-state index contributed by atoms with van der Waals surface area (Å²) in [5, 5.41) is 7.28. The molecule has 0 saturated heterocycles. The van der Waals surface area contributed by atoms with E-state index in [1.807, 2.05) is 6.92 Å². The van der Waals surface area contributed by atoms with E-state index in [0.29, 0.717) is 5.95 Å². The standard InChI is InChI=1S/C5H6N4/c1-4-7-8-5(6-2)9(4)3/h1,3H3. The maximum atomic E-state index is 6.60. The van der Waals surface area contributed by atoms with Gasteiger partial charge in [-0.05, 0) is 5.10 Å². The van der Waals surface area contributed by atoms with Gasteiger partial charge in [0.2, 0.25) is 0 Å². The van der Waals surface area contributed by atoms with Gasteiger partial charge in [-0.25, -0.2) is 0 Å².